The van der Waals surface area contributed by atoms with Gasteiger partial charge in [-0.1, -0.05) is 5.16 Å². The molecule has 5 heteroatoms. The van der Waals surface area contributed by atoms with Crippen LogP contribution in [-0.4, -0.2) is 24.3 Å². The number of hydrogen-bond acceptors (Lipinski definition) is 5. The maximum atomic E-state index is 11.1. The van der Waals surface area contributed by atoms with E-state index in [9.17, 15) is 4.79 Å². The van der Waals surface area contributed by atoms with E-state index in [2.05, 4.69) is 5.16 Å². The molecule has 0 N–H and O–H groups in total. The van der Waals surface area contributed by atoms with E-state index in [4.69, 9.17) is 14.0 Å². The second kappa shape index (κ2) is 5.39. The van der Waals surface area contributed by atoms with Gasteiger partial charge < -0.3 is 14.0 Å². The normalized spacial score (nSPS) is 10.1. The number of esters is 1. The van der Waals surface area contributed by atoms with Gasteiger partial charge in [0.25, 0.3) is 0 Å². The second-order valence-corrected chi connectivity index (χ2v) is 2.54. The van der Waals surface area contributed by atoms with Crippen LogP contribution >= 0.6 is 0 Å². The Kier molecular flexibility index (Phi) is 4.12. The fourth-order valence-electron chi connectivity index (χ4n) is 0.885. The fraction of sp³-hybridized carbons (Fsp3) is 0.556. The summed E-state index contributed by atoms with van der Waals surface area (Å²) in [5.41, 5.74) is 0.182. The molecule has 0 amide bonds. The van der Waals surface area contributed by atoms with Crippen LogP contribution in [0.1, 0.15) is 30.1 Å². The molecule has 1 rings (SSSR count). The molecule has 0 saturated carbocycles. The first-order chi connectivity index (χ1) is 6.77. The zero-order valence-electron chi connectivity index (χ0n) is 8.28. The van der Waals surface area contributed by atoms with Crippen LogP contribution in [0, 0.1) is 0 Å². The first kappa shape index (κ1) is 10.7. The lowest BCUT2D eigenvalue weighted by Crippen LogP contribution is -2.04. The molecule has 0 atom stereocenters. The van der Waals surface area contributed by atoms with E-state index >= 15 is 0 Å². The molecule has 0 aliphatic carbocycles. The zero-order chi connectivity index (χ0) is 10.4. The van der Waals surface area contributed by atoms with Gasteiger partial charge in [0.05, 0.1) is 6.61 Å². The van der Waals surface area contributed by atoms with Gasteiger partial charge in [-0.3, -0.25) is 0 Å². The smallest absolute Gasteiger partial charge is 0.360 e. The topological polar surface area (TPSA) is 61.6 Å². The molecule has 0 unspecified atom stereocenters. The van der Waals surface area contributed by atoms with Crippen molar-refractivity contribution in [2.75, 3.05) is 13.2 Å². The highest BCUT2D eigenvalue weighted by molar-refractivity contribution is 5.87. The molecule has 1 aromatic rings. The van der Waals surface area contributed by atoms with Gasteiger partial charge in [0, 0.05) is 12.7 Å². The molecule has 0 aromatic carbocycles. The monoisotopic (exact) mass is 199 g/mol. The minimum absolute atomic E-state index is 0.182. The Morgan fingerprint density at radius 1 is 1.50 bits per heavy atom. The molecule has 1 aromatic heterocycles. The van der Waals surface area contributed by atoms with E-state index < -0.39 is 5.97 Å². The van der Waals surface area contributed by atoms with Crippen LogP contribution in [0.25, 0.3) is 0 Å². The largest absolute Gasteiger partial charge is 0.461 e. The molecule has 5 nitrogen and oxygen atoms in total. The maximum absolute atomic E-state index is 11.1. The Balaban J connectivity index is 2.54. The van der Waals surface area contributed by atoms with Crippen LogP contribution in [0.15, 0.2) is 10.6 Å². The van der Waals surface area contributed by atoms with Crippen molar-refractivity contribution >= 4 is 5.97 Å². The van der Waals surface area contributed by atoms with Crippen LogP contribution in [0.2, 0.25) is 0 Å². The molecule has 0 bridgehead atoms. The Bertz CT molecular complexity index is 295. The third kappa shape index (κ3) is 2.85. The predicted octanol–water partition coefficient (Wildman–Crippen LogP) is 1.39. The van der Waals surface area contributed by atoms with Crippen molar-refractivity contribution in [2.24, 2.45) is 0 Å². The van der Waals surface area contributed by atoms with Gasteiger partial charge in [0.15, 0.2) is 11.5 Å². The van der Waals surface area contributed by atoms with Crippen molar-refractivity contribution in [3.63, 3.8) is 0 Å². The van der Waals surface area contributed by atoms with Crippen molar-refractivity contribution in [3.8, 4) is 0 Å². The molecule has 0 aliphatic rings. The summed E-state index contributed by atoms with van der Waals surface area (Å²) in [6.45, 7) is 4.85. The average Bonchev–Trinajstić information content (AvgIpc) is 2.63. The summed E-state index contributed by atoms with van der Waals surface area (Å²) in [6.07, 6.45) is 0. The molecule has 0 saturated heterocycles. The number of rotatable bonds is 5. The highest BCUT2D eigenvalue weighted by Gasteiger charge is 2.12. The van der Waals surface area contributed by atoms with Crippen LogP contribution < -0.4 is 0 Å². The highest BCUT2D eigenvalue weighted by atomic mass is 16.5. The van der Waals surface area contributed by atoms with Crippen molar-refractivity contribution in [3.05, 3.63) is 17.5 Å². The quantitative estimate of drug-likeness (QED) is 0.670. The second-order valence-electron chi connectivity index (χ2n) is 2.54. The van der Waals surface area contributed by atoms with Crippen LogP contribution in [0.4, 0.5) is 0 Å². The molecular weight excluding hydrogens is 186 g/mol. The molecule has 0 spiro atoms. The van der Waals surface area contributed by atoms with E-state index in [1.165, 1.54) is 6.07 Å². The SMILES string of the molecule is CCOCc1cc(C(=O)OCC)no1. The minimum atomic E-state index is -0.473. The van der Waals surface area contributed by atoms with Gasteiger partial charge in [0.2, 0.25) is 0 Å². The van der Waals surface area contributed by atoms with Crippen LogP contribution in [0.5, 0.6) is 0 Å². The Hall–Kier alpha value is -1.36. The van der Waals surface area contributed by atoms with Crippen molar-refractivity contribution in [1.82, 2.24) is 5.16 Å². The van der Waals surface area contributed by atoms with E-state index in [-0.39, 0.29) is 5.69 Å². The lowest BCUT2D eigenvalue weighted by atomic mass is 10.4. The number of carbonyl (C=O) groups excluding carboxylic acids is 1. The molecule has 78 valence electrons. The van der Waals surface area contributed by atoms with Gasteiger partial charge in [-0.2, -0.15) is 0 Å². The summed E-state index contributed by atoms with van der Waals surface area (Å²) in [4.78, 5) is 11.1. The van der Waals surface area contributed by atoms with Gasteiger partial charge in [-0.15, -0.1) is 0 Å². The first-order valence-corrected chi connectivity index (χ1v) is 4.48. The number of hydrogen-bond donors (Lipinski definition) is 0. The first-order valence-electron chi connectivity index (χ1n) is 4.48. The summed E-state index contributed by atoms with van der Waals surface area (Å²) in [5, 5.41) is 3.56. The lowest BCUT2D eigenvalue weighted by molar-refractivity contribution is 0.0514. The number of aromatic nitrogens is 1. The zero-order valence-corrected chi connectivity index (χ0v) is 8.28. The van der Waals surface area contributed by atoms with E-state index in [0.29, 0.717) is 25.6 Å². The third-order valence-corrected chi connectivity index (χ3v) is 1.49. The summed E-state index contributed by atoms with van der Waals surface area (Å²) in [6, 6.07) is 1.52. The minimum Gasteiger partial charge on any atom is -0.461 e. The standard InChI is InChI=1S/C9H13NO4/c1-3-12-6-7-5-8(10-14-7)9(11)13-4-2/h5H,3-4,6H2,1-2H3. The summed E-state index contributed by atoms with van der Waals surface area (Å²) >= 11 is 0. The molecule has 0 fully saturated rings. The molecule has 0 radical (unpaired) electrons. The van der Waals surface area contributed by atoms with Gasteiger partial charge in [-0.25, -0.2) is 4.79 Å². The average molecular weight is 199 g/mol. The summed E-state index contributed by atoms with van der Waals surface area (Å²) in [5.74, 6) is 0.0499. The van der Waals surface area contributed by atoms with Gasteiger partial charge >= 0.3 is 5.97 Å². The Morgan fingerprint density at radius 2 is 2.29 bits per heavy atom. The number of ether oxygens (including phenoxy) is 2. The summed E-state index contributed by atoms with van der Waals surface area (Å²) in [7, 11) is 0. The van der Waals surface area contributed by atoms with E-state index in [1.807, 2.05) is 6.92 Å². The van der Waals surface area contributed by atoms with Gasteiger partial charge in [-0.05, 0) is 13.8 Å². The van der Waals surface area contributed by atoms with Crippen molar-refractivity contribution < 1.29 is 18.8 Å². The van der Waals surface area contributed by atoms with E-state index in [0.717, 1.165) is 0 Å². The Morgan fingerprint density at radius 3 is 2.93 bits per heavy atom. The molecule has 1 heterocycles. The predicted molar refractivity (Wildman–Crippen MR) is 47.8 cm³/mol. The highest BCUT2D eigenvalue weighted by Crippen LogP contribution is 2.06. The maximum Gasteiger partial charge on any atom is 0.360 e. The lowest BCUT2D eigenvalue weighted by Gasteiger charge is -1.94. The molecular formula is C9H13NO4. The molecule has 14 heavy (non-hydrogen) atoms. The van der Waals surface area contributed by atoms with E-state index in [1.54, 1.807) is 6.92 Å². The molecule has 0 aliphatic heterocycles. The number of carbonyl (C=O) groups is 1. The van der Waals surface area contributed by atoms with Crippen LogP contribution in [0.3, 0.4) is 0 Å². The Labute approximate surface area is 82.0 Å². The van der Waals surface area contributed by atoms with Crippen molar-refractivity contribution in [1.29, 1.82) is 0 Å². The number of nitrogens with zero attached hydrogens (tertiary/aromatic N) is 1. The van der Waals surface area contributed by atoms with Crippen molar-refractivity contribution in [2.45, 2.75) is 20.5 Å². The third-order valence-electron chi connectivity index (χ3n) is 1.49. The van der Waals surface area contributed by atoms with Gasteiger partial charge in [0.1, 0.15) is 6.61 Å². The summed E-state index contributed by atoms with van der Waals surface area (Å²) < 4.78 is 14.7. The fourth-order valence-corrected chi connectivity index (χ4v) is 0.885. The van der Waals surface area contributed by atoms with Crippen LogP contribution in [-0.2, 0) is 16.1 Å².